The van der Waals surface area contributed by atoms with E-state index in [4.69, 9.17) is 0 Å². The van der Waals surface area contributed by atoms with Crippen molar-refractivity contribution in [3.05, 3.63) is 0 Å². The zero-order chi connectivity index (χ0) is 11.1. The molecule has 1 heterocycles. The van der Waals surface area contributed by atoms with Gasteiger partial charge in [0.05, 0.1) is 0 Å². The summed E-state index contributed by atoms with van der Waals surface area (Å²) in [6.45, 7) is 7.09. The maximum atomic E-state index is 11.9. The van der Waals surface area contributed by atoms with Crippen LogP contribution in [0, 0.1) is 5.41 Å². The molecule has 4 heteroatoms. The average Bonchev–Trinajstić information content (AvgIpc) is 2.57. The van der Waals surface area contributed by atoms with Crippen LogP contribution >= 0.6 is 0 Å². The van der Waals surface area contributed by atoms with Gasteiger partial charge in [0, 0.05) is 6.54 Å². The third-order valence-corrected chi connectivity index (χ3v) is 3.35. The lowest BCUT2D eigenvalue weighted by Crippen LogP contribution is -2.45. The fourth-order valence-corrected chi connectivity index (χ4v) is 2.63. The van der Waals surface area contributed by atoms with E-state index in [1.54, 1.807) is 0 Å². The van der Waals surface area contributed by atoms with Crippen LogP contribution in [0.2, 0.25) is 0 Å². The highest BCUT2D eigenvalue weighted by Crippen LogP contribution is 2.44. The predicted octanol–water partition coefficient (Wildman–Crippen LogP) is 1.03. The van der Waals surface area contributed by atoms with E-state index in [9.17, 15) is 4.79 Å². The first-order valence-corrected chi connectivity index (χ1v) is 5.62. The van der Waals surface area contributed by atoms with Crippen molar-refractivity contribution in [1.29, 1.82) is 0 Å². The fraction of sp³-hybridized carbons (Fsp3) is 0.818. The van der Waals surface area contributed by atoms with Gasteiger partial charge in [-0.15, -0.1) is 0 Å². The van der Waals surface area contributed by atoms with Crippen molar-refractivity contribution in [3.8, 4) is 0 Å². The SMILES string of the molecule is CCN=C1NC(=O)C2(CCC(C)(C)C2)N1. The number of nitrogens with zero attached hydrogens (tertiary/aromatic N) is 1. The van der Waals surface area contributed by atoms with Crippen molar-refractivity contribution in [2.24, 2.45) is 10.4 Å². The van der Waals surface area contributed by atoms with Gasteiger partial charge in [-0.05, 0) is 31.6 Å². The maximum absolute atomic E-state index is 11.9. The van der Waals surface area contributed by atoms with Crippen molar-refractivity contribution in [3.63, 3.8) is 0 Å². The first-order valence-electron chi connectivity index (χ1n) is 5.62. The molecule has 1 unspecified atom stereocenters. The molecule has 1 saturated heterocycles. The standard InChI is InChI=1S/C11H19N3O/c1-4-12-9-13-8(15)11(14-9)6-5-10(2,3)7-11/h4-7H2,1-3H3,(H2,12,13,14,15). The van der Waals surface area contributed by atoms with Crippen LogP contribution in [0.3, 0.4) is 0 Å². The van der Waals surface area contributed by atoms with Gasteiger partial charge in [0.1, 0.15) is 5.54 Å². The van der Waals surface area contributed by atoms with Crippen LogP contribution in [0.1, 0.15) is 40.0 Å². The molecule has 2 aliphatic rings. The summed E-state index contributed by atoms with van der Waals surface area (Å²) in [6, 6.07) is 0. The van der Waals surface area contributed by atoms with Gasteiger partial charge in [0.25, 0.3) is 5.91 Å². The fourth-order valence-electron chi connectivity index (χ4n) is 2.63. The minimum Gasteiger partial charge on any atom is -0.342 e. The second-order valence-corrected chi connectivity index (χ2v) is 5.33. The number of nitrogens with one attached hydrogen (secondary N) is 2. The zero-order valence-corrected chi connectivity index (χ0v) is 9.68. The Hall–Kier alpha value is -1.06. The van der Waals surface area contributed by atoms with Crippen LogP contribution in [0.15, 0.2) is 4.99 Å². The van der Waals surface area contributed by atoms with Gasteiger partial charge in [-0.3, -0.25) is 15.1 Å². The normalized spacial score (nSPS) is 35.9. The Bertz CT molecular complexity index is 322. The van der Waals surface area contributed by atoms with E-state index >= 15 is 0 Å². The predicted molar refractivity (Wildman–Crippen MR) is 59.6 cm³/mol. The molecule has 15 heavy (non-hydrogen) atoms. The van der Waals surface area contributed by atoms with E-state index < -0.39 is 0 Å². The van der Waals surface area contributed by atoms with Crippen molar-refractivity contribution in [2.45, 2.75) is 45.6 Å². The van der Waals surface area contributed by atoms with E-state index in [2.05, 4.69) is 29.5 Å². The van der Waals surface area contributed by atoms with E-state index in [0.717, 1.165) is 19.3 Å². The number of amides is 1. The van der Waals surface area contributed by atoms with Gasteiger partial charge >= 0.3 is 0 Å². The maximum Gasteiger partial charge on any atom is 0.252 e. The Morgan fingerprint density at radius 3 is 2.67 bits per heavy atom. The Balaban J connectivity index is 2.18. The summed E-state index contributed by atoms with van der Waals surface area (Å²) in [4.78, 5) is 16.1. The van der Waals surface area contributed by atoms with E-state index in [1.807, 2.05) is 6.92 Å². The molecule has 84 valence electrons. The van der Waals surface area contributed by atoms with Crippen LogP contribution in [0.4, 0.5) is 0 Å². The molecule has 2 rings (SSSR count). The van der Waals surface area contributed by atoms with Crippen LogP contribution < -0.4 is 10.6 Å². The van der Waals surface area contributed by atoms with E-state index in [0.29, 0.717) is 12.5 Å². The van der Waals surface area contributed by atoms with E-state index in [-0.39, 0.29) is 16.9 Å². The summed E-state index contributed by atoms with van der Waals surface area (Å²) in [7, 11) is 0. The van der Waals surface area contributed by atoms with Crippen LogP contribution in [0.25, 0.3) is 0 Å². The molecule has 4 nitrogen and oxygen atoms in total. The minimum atomic E-state index is -0.377. The monoisotopic (exact) mass is 209 g/mol. The molecule has 1 spiro atoms. The lowest BCUT2D eigenvalue weighted by atomic mass is 9.88. The van der Waals surface area contributed by atoms with Crippen molar-refractivity contribution in [1.82, 2.24) is 10.6 Å². The Kier molecular flexibility index (Phi) is 2.24. The minimum absolute atomic E-state index is 0.0975. The summed E-state index contributed by atoms with van der Waals surface area (Å²) in [6.07, 6.45) is 2.90. The van der Waals surface area contributed by atoms with Gasteiger partial charge in [-0.1, -0.05) is 13.8 Å². The smallest absolute Gasteiger partial charge is 0.252 e. The molecule has 1 saturated carbocycles. The van der Waals surface area contributed by atoms with Crippen LogP contribution in [0.5, 0.6) is 0 Å². The largest absolute Gasteiger partial charge is 0.342 e. The zero-order valence-electron chi connectivity index (χ0n) is 9.68. The molecule has 2 fully saturated rings. The highest BCUT2D eigenvalue weighted by atomic mass is 16.2. The average molecular weight is 209 g/mol. The lowest BCUT2D eigenvalue weighted by Gasteiger charge is -2.23. The molecule has 1 aliphatic heterocycles. The van der Waals surface area contributed by atoms with Crippen molar-refractivity contribution < 1.29 is 4.79 Å². The molecular weight excluding hydrogens is 190 g/mol. The Morgan fingerprint density at radius 1 is 1.40 bits per heavy atom. The molecule has 0 radical (unpaired) electrons. The third-order valence-electron chi connectivity index (χ3n) is 3.35. The van der Waals surface area contributed by atoms with Crippen LogP contribution in [-0.2, 0) is 4.79 Å². The Morgan fingerprint density at radius 2 is 2.13 bits per heavy atom. The molecule has 0 aromatic heterocycles. The molecule has 2 N–H and O–H groups in total. The number of rotatable bonds is 1. The van der Waals surface area contributed by atoms with Crippen LogP contribution in [-0.4, -0.2) is 24.0 Å². The highest BCUT2D eigenvalue weighted by molar-refractivity contribution is 6.09. The highest BCUT2D eigenvalue weighted by Gasteiger charge is 2.52. The van der Waals surface area contributed by atoms with Gasteiger partial charge in [-0.25, -0.2) is 0 Å². The molecule has 0 aromatic carbocycles. The topological polar surface area (TPSA) is 53.5 Å². The molecule has 1 atom stereocenters. The third kappa shape index (κ3) is 1.73. The quantitative estimate of drug-likeness (QED) is 0.677. The molecule has 0 aromatic rings. The summed E-state index contributed by atoms with van der Waals surface area (Å²) in [5, 5.41) is 6.09. The lowest BCUT2D eigenvalue weighted by molar-refractivity contribution is -0.124. The number of hydrogen-bond acceptors (Lipinski definition) is 2. The number of guanidine groups is 1. The number of aliphatic imine (C=N–C) groups is 1. The second-order valence-electron chi connectivity index (χ2n) is 5.33. The summed E-state index contributed by atoms with van der Waals surface area (Å²) < 4.78 is 0. The van der Waals surface area contributed by atoms with E-state index in [1.165, 1.54) is 0 Å². The Labute approximate surface area is 90.5 Å². The molecular formula is C11H19N3O. The van der Waals surface area contributed by atoms with Gasteiger partial charge in [0.15, 0.2) is 5.96 Å². The van der Waals surface area contributed by atoms with Gasteiger partial charge in [0.2, 0.25) is 0 Å². The number of hydrogen-bond donors (Lipinski definition) is 2. The molecule has 0 bridgehead atoms. The summed E-state index contributed by atoms with van der Waals surface area (Å²) in [5.41, 5.74) is -0.122. The first-order chi connectivity index (χ1) is 6.97. The van der Waals surface area contributed by atoms with Gasteiger partial charge < -0.3 is 5.32 Å². The molecule has 1 aliphatic carbocycles. The second kappa shape index (κ2) is 3.22. The summed E-state index contributed by atoms with van der Waals surface area (Å²) >= 11 is 0. The number of carbonyl (C=O) groups is 1. The van der Waals surface area contributed by atoms with Crippen molar-refractivity contribution >= 4 is 11.9 Å². The number of carbonyl (C=O) groups excluding carboxylic acids is 1. The summed E-state index contributed by atoms with van der Waals surface area (Å²) in [5.74, 6) is 0.750. The van der Waals surface area contributed by atoms with Crippen molar-refractivity contribution in [2.75, 3.05) is 6.54 Å². The van der Waals surface area contributed by atoms with Gasteiger partial charge in [-0.2, -0.15) is 0 Å². The first kappa shape index (κ1) is 10.5. The molecule has 1 amide bonds.